The van der Waals surface area contributed by atoms with Gasteiger partial charge in [0, 0.05) is 30.5 Å². The fourth-order valence-corrected chi connectivity index (χ4v) is 5.42. The Kier molecular flexibility index (Phi) is 5.66. The maximum absolute atomic E-state index is 12.8. The number of benzene rings is 1. The Morgan fingerprint density at radius 1 is 1.37 bits per heavy atom. The molecule has 1 aromatic rings. The summed E-state index contributed by atoms with van der Waals surface area (Å²) in [6.07, 6.45) is 4.19. The van der Waals surface area contributed by atoms with Crippen LogP contribution in [-0.4, -0.2) is 67.5 Å². The quantitative estimate of drug-likeness (QED) is 0.698. The van der Waals surface area contributed by atoms with Crippen molar-refractivity contribution in [1.29, 1.82) is 0 Å². The number of aliphatic imine (C=N–C) groups is 2. The Morgan fingerprint density at radius 3 is 3.13 bits per heavy atom. The van der Waals surface area contributed by atoms with Crippen molar-refractivity contribution in [2.45, 2.75) is 31.5 Å². The molecule has 0 bridgehead atoms. The van der Waals surface area contributed by atoms with Gasteiger partial charge in [-0.05, 0) is 25.3 Å². The summed E-state index contributed by atoms with van der Waals surface area (Å²) in [5.74, 6) is 2.22. The molecule has 4 heterocycles. The Labute approximate surface area is 180 Å². The largest absolute Gasteiger partial charge is 0.493 e. The minimum absolute atomic E-state index is 0.0862. The molecule has 0 saturated carbocycles. The van der Waals surface area contributed by atoms with Crippen molar-refractivity contribution in [3.63, 3.8) is 0 Å². The van der Waals surface area contributed by atoms with Crippen molar-refractivity contribution in [2.24, 2.45) is 15.9 Å². The van der Waals surface area contributed by atoms with Gasteiger partial charge in [0.15, 0.2) is 17.7 Å². The molecule has 0 aromatic heterocycles. The number of nitrogens with zero attached hydrogens (tertiary/aromatic N) is 3. The molecular weight excluding hydrogens is 404 g/mol. The second-order valence-corrected chi connectivity index (χ2v) is 8.89. The zero-order valence-corrected chi connectivity index (χ0v) is 17.8. The number of amides is 1. The SMILES string of the molecule is COc1cc2c(cc1OCCCC1CNCCO1)N=CN1C(=O)C3CCSC3=NC21. The van der Waals surface area contributed by atoms with Crippen LogP contribution in [0.3, 0.4) is 0 Å². The van der Waals surface area contributed by atoms with Crippen molar-refractivity contribution in [3.8, 4) is 11.5 Å². The van der Waals surface area contributed by atoms with E-state index in [4.69, 9.17) is 19.2 Å². The monoisotopic (exact) mass is 430 g/mol. The lowest BCUT2D eigenvalue weighted by Crippen LogP contribution is -2.43. The van der Waals surface area contributed by atoms with E-state index in [-0.39, 0.29) is 24.1 Å². The van der Waals surface area contributed by atoms with Crippen molar-refractivity contribution >= 4 is 34.7 Å². The zero-order chi connectivity index (χ0) is 20.5. The van der Waals surface area contributed by atoms with Crippen LogP contribution < -0.4 is 14.8 Å². The van der Waals surface area contributed by atoms with E-state index < -0.39 is 0 Å². The molecule has 9 heteroatoms. The van der Waals surface area contributed by atoms with Crippen LogP contribution in [-0.2, 0) is 9.53 Å². The first-order valence-electron chi connectivity index (χ1n) is 10.5. The number of hydrogen-bond acceptors (Lipinski definition) is 8. The number of carbonyl (C=O) groups is 1. The van der Waals surface area contributed by atoms with Crippen LogP contribution in [0.1, 0.15) is 31.0 Å². The summed E-state index contributed by atoms with van der Waals surface area (Å²) in [4.78, 5) is 23.9. The predicted octanol–water partition coefficient (Wildman–Crippen LogP) is 2.51. The minimum Gasteiger partial charge on any atom is -0.493 e. The molecule has 2 saturated heterocycles. The summed E-state index contributed by atoms with van der Waals surface area (Å²) in [7, 11) is 1.63. The first-order valence-corrected chi connectivity index (χ1v) is 11.5. The van der Waals surface area contributed by atoms with Gasteiger partial charge in [0.2, 0.25) is 5.91 Å². The van der Waals surface area contributed by atoms with Crippen molar-refractivity contribution in [2.75, 3.05) is 39.2 Å². The Balaban J connectivity index is 1.31. The summed E-state index contributed by atoms with van der Waals surface area (Å²) in [6.45, 7) is 3.17. The molecule has 2 fully saturated rings. The third kappa shape index (κ3) is 3.70. The number of hydrogen-bond donors (Lipinski definition) is 1. The van der Waals surface area contributed by atoms with Gasteiger partial charge in [-0.25, -0.2) is 4.99 Å². The van der Waals surface area contributed by atoms with E-state index in [2.05, 4.69) is 10.3 Å². The molecule has 3 unspecified atom stereocenters. The Bertz CT molecular complexity index is 884. The topological polar surface area (TPSA) is 84.8 Å². The maximum atomic E-state index is 12.8. The van der Waals surface area contributed by atoms with E-state index >= 15 is 0 Å². The molecule has 1 N–H and O–H groups in total. The second-order valence-electron chi connectivity index (χ2n) is 7.77. The van der Waals surface area contributed by atoms with E-state index in [0.717, 1.165) is 61.0 Å². The van der Waals surface area contributed by atoms with Crippen LogP contribution in [0, 0.1) is 5.92 Å². The van der Waals surface area contributed by atoms with Gasteiger partial charge in [0.1, 0.15) is 0 Å². The molecule has 0 radical (unpaired) electrons. The van der Waals surface area contributed by atoms with Crippen molar-refractivity contribution in [3.05, 3.63) is 17.7 Å². The third-order valence-electron chi connectivity index (χ3n) is 5.86. The van der Waals surface area contributed by atoms with Gasteiger partial charge in [-0.15, -0.1) is 11.8 Å². The molecule has 4 aliphatic rings. The number of methoxy groups -OCH3 is 1. The number of morpholine rings is 1. The van der Waals surface area contributed by atoms with E-state index in [0.29, 0.717) is 18.1 Å². The van der Waals surface area contributed by atoms with Gasteiger partial charge >= 0.3 is 0 Å². The van der Waals surface area contributed by atoms with E-state index in [1.807, 2.05) is 12.1 Å². The van der Waals surface area contributed by atoms with Gasteiger partial charge < -0.3 is 19.5 Å². The third-order valence-corrected chi connectivity index (χ3v) is 6.99. The average Bonchev–Trinajstić information content (AvgIpc) is 3.26. The van der Waals surface area contributed by atoms with Crippen LogP contribution in [0.25, 0.3) is 0 Å². The molecule has 1 aromatic carbocycles. The molecule has 8 nitrogen and oxygen atoms in total. The number of carbonyl (C=O) groups excluding carboxylic acids is 1. The lowest BCUT2D eigenvalue weighted by molar-refractivity contribution is -0.131. The highest BCUT2D eigenvalue weighted by Crippen LogP contribution is 2.45. The first kappa shape index (κ1) is 19.8. The summed E-state index contributed by atoms with van der Waals surface area (Å²) in [5, 5.41) is 4.29. The predicted molar refractivity (Wildman–Crippen MR) is 116 cm³/mol. The average molecular weight is 431 g/mol. The van der Waals surface area contributed by atoms with E-state index in [1.54, 1.807) is 30.1 Å². The molecule has 3 atom stereocenters. The number of ether oxygens (including phenoxy) is 3. The summed E-state index contributed by atoms with van der Waals surface area (Å²) in [6, 6.07) is 3.80. The molecule has 160 valence electrons. The molecule has 4 aliphatic heterocycles. The summed E-state index contributed by atoms with van der Waals surface area (Å²) in [5.41, 5.74) is 1.64. The van der Waals surface area contributed by atoms with Gasteiger partial charge in [-0.3, -0.25) is 14.7 Å². The van der Waals surface area contributed by atoms with Crippen molar-refractivity contribution in [1.82, 2.24) is 10.2 Å². The minimum atomic E-state index is -0.374. The summed E-state index contributed by atoms with van der Waals surface area (Å²) < 4.78 is 17.3. The van der Waals surface area contributed by atoms with Gasteiger partial charge in [0.05, 0.1) is 49.4 Å². The zero-order valence-electron chi connectivity index (χ0n) is 17.0. The molecule has 5 rings (SSSR count). The molecule has 0 aliphatic carbocycles. The summed E-state index contributed by atoms with van der Waals surface area (Å²) >= 11 is 1.69. The Hall–Kier alpha value is -2.10. The Morgan fingerprint density at radius 2 is 2.30 bits per heavy atom. The maximum Gasteiger partial charge on any atom is 0.239 e. The number of thioether (sulfide) groups is 1. The second kappa shape index (κ2) is 8.56. The molecule has 1 amide bonds. The molecular formula is C21H26N4O4S. The van der Waals surface area contributed by atoms with Gasteiger partial charge in [0.25, 0.3) is 0 Å². The fourth-order valence-electron chi connectivity index (χ4n) is 4.26. The van der Waals surface area contributed by atoms with Crippen LogP contribution in [0.5, 0.6) is 11.5 Å². The standard InChI is InChI=1S/C21H26N4O4S/c1-27-17-9-15-16(10-18(17)29-6-2-3-13-11-22-5-7-28-13)23-12-25-19(15)24-20-14(21(25)26)4-8-30-20/h9-10,12-14,19,22H,2-8,11H2,1H3. The molecule has 0 spiro atoms. The van der Waals surface area contributed by atoms with Crippen LogP contribution in [0.15, 0.2) is 22.1 Å². The number of fused-ring (bicyclic) bond motifs is 4. The molecule has 30 heavy (non-hydrogen) atoms. The van der Waals surface area contributed by atoms with Crippen LogP contribution >= 0.6 is 11.8 Å². The first-order chi connectivity index (χ1) is 14.7. The number of nitrogens with one attached hydrogen (secondary N) is 1. The van der Waals surface area contributed by atoms with Gasteiger partial charge in [-0.1, -0.05) is 0 Å². The van der Waals surface area contributed by atoms with Crippen LogP contribution in [0.4, 0.5) is 5.69 Å². The number of rotatable bonds is 6. The van der Waals surface area contributed by atoms with E-state index in [9.17, 15) is 4.79 Å². The lowest BCUT2D eigenvalue weighted by atomic mass is 10.00. The van der Waals surface area contributed by atoms with Crippen molar-refractivity contribution < 1.29 is 19.0 Å². The normalized spacial score (nSPS) is 27.2. The van der Waals surface area contributed by atoms with Crippen LogP contribution in [0.2, 0.25) is 0 Å². The van der Waals surface area contributed by atoms with Gasteiger partial charge in [-0.2, -0.15) is 0 Å². The highest BCUT2D eigenvalue weighted by atomic mass is 32.2. The van der Waals surface area contributed by atoms with E-state index in [1.165, 1.54) is 0 Å². The lowest BCUT2D eigenvalue weighted by Gasteiger charge is -2.35. The smallest absolute Gasteiger partial charge is 0.239 e. The highest BCUT2D eigenvalue weighted by Gasteiger charge is 2.42. The highest BCUT2D eigenvalue weighted by molar-refractivity contribution is 8.14. The fraction of sp³-hybridized carbons (Fsp3) is 0.571.